The van der Waals surface area contributed by atoms with Crippen LogP contribution in [0, 0.1) is 11.3 Å². The SMILES string of the molecule is CCc1c(C#N)c(-c2ccc(-c3ccc(OC)cc3)cc2)c(C(=O)O)n1C. The molecule has 0 amide bonds. The van der Waals surface area contributed by atoms with Crippen molar-refractivity contribution in [2.75, 3.05) is 7.11 Å². The number of benzene rings is 2. The van der Waals surface area contributed by atoms with Gasteiger partial charge in [-0.25, -0.2) is 4.79 Å². The van der Waals surface area contributed by atoms with Gasteiger partial charge in [0, 0.05) is 18.3 Å². The molecule has 0 fully saturated rings. The lowest BCUT2D eigenvalue weighted by Crippen LogP contribution is -2.07. The van der Waals surface area contributed by atoms with Crippen molar-refractivity contribution >= 4 is 5.97 Å². The van der Waals surface area contributed by atoms with Gasteiger partial charge in [-0.1, -0.05) is 43.3 Å². The zero-order valence-corrected chi connectivity index (χ0v) is 15.5. The quantitative estimate of drug-likeness (QED) is 0.727. The predicted molar refractivity (Wildman–Crippen MR) is 104 cm³/mol. The van der Waals surface area contributed by atoms with E-state index in [0.717, 1.165) is 28.1 Å². The summed E-state index contributed by atoms with van der Waals surface area (Å²) in [6.07, 6.45) is 0.587. The fourth-order valence-electron chi connectivity index (χ4n) is 3.41. The summed E-state index contributed by atoms with van der Waals surface area (Å²) < 4.78 is 6.78. The number of aromatic nitrogens is 1. The van der Waals surface area contributed by atoms with Gasteiger partial charge < -0.3 is 14.4 Å². The number of nitrogens with zero attached hydrogens (tertiary/aromatic N) is 2. The summed E-state index contributed by atoms with van der Waals surface area (Å²) in [7, 11) is 3.32. The molecule has 0 spiro atoms. The molecule has 27 heavy (non-hydrogen) atoms. The Labute approximate surface area is 158 Å². The van der Waals surface area contributed by atoms with E-state index in [9.17, 15) is 15.2 Å². The highest BCUT2D eigenvalue weighted by molar-refractivity contribution is 5.97. The van der Waals surface area contributed by atoms with Crippen molar-refractivity contribution in [3.63, 3.8) is 0 Å². The molecule has 0 atom stereocenters. The molecule has 3 rings (SSSR count). The van der Waals surface area contributed by atoms with Crippen molar-refractivity contribution in [2.24, 2.45) is 7.05 Å². The molecule has 0 unspecified atom stereocenters. The van der Waals surface area contributed by atoms with E-state index in [1.54, 1.807) is 18.7 Å². The molecule has 3 aromatic rings. The topological polar surface area (TPSA) is 75.2 Å². The Balaban J connectivity index is 2.10. The van der Waals surface area contributed by atoms with Crippen LogP contribution < -0.4 is 4.74 Å². The summed E-state index contributed by atoms with van der Waals surface area (Å²) in [5.74, 6) is -0.251. The molecule has 0 saturated carbocycles. The number of hydrogen-bond donors (Lipinski definition) is 1. The fraction of sp³-hybridized carbons (Fsp3) is 0.182. The number of methoxy groups -OCH3 is 1. The van der Waals surface area contributed by atoms with Crippen molar-refractivity contribution in [2.45, 2.75) is 13.3 Å². The molecule has 0 bridgehead atoms. The summed E-state index contributed by atoms with van der Waals surface area (Å²) >= 11 is 0. The minimum Gasteiger partial charge on any atom is -0.497 e. The van der Waals surface area contributed by atoms with E-state index < -0.39 is 5.97 Å². The third-order valence-electron chi connectivity index (χ3n) is 4.76. The zero-order valence-electron chi connectivity index (χ0n) is 15.5. The first-order valence-electron chi connectivity index (χ1n) is 8.61. The molecular formula is C22H20N2O3. The van der Waals surface area contributed by atoms with E-state index in [1.807, 2.05) is 55.5 Å². The highest BCUT2D eigenvalue weighted by Crippen LogP contribution is 2.34. The van der Waals surface area contributed by atoms with Gasteiger partial charge in [-0.2, -0.15) is 5.26 Å². The summed E-state index contributed by atoms with van der Waals surface area (Å²) in [4.78, 5) is 11.8. The highest BCUT2D eigenvalue weighted by Gasteiger charge is 2.25. The smallest absolute Gasteiger partial charge is 0.353 e. The molecule has 5 nitrogen and oxygen atoms in total. The first-order valence-corrected chi connectivity index (χ1v) is 8.61. The van der Waals surface area contributed by atoms with E-state index >= 15 is 0 Å². The number of rotatable bonds is 5. The predicted octanol–water partition coefficient (Wildman–Crippen LogP) is 4.50. The van der Waals surface area contributed by atoms with E-state index in [0.29, 0.717) is 17.5 Å². The molecule has 0 radical (unpaired) electrons. The van der Waals surface area contributed by atoms with Crippen LogP contribution in [-0.4, -0.2) is 22.8 Å². The number of hydrogen-bond acceptors (Lipinski definition) is 3. The number of ether oxygens (including phenoxy) is 1. The van der Waals surface area contributed by atoms with Gasteiger partial charge in [0.25, 0.3) is 0 Å². The standard InChI is InChI=1S/C22H20N2O3/c1-4-19-18(13-23)20(21(22(25)26)24(19)2)16-7-5-14(6-8-16)15-9-11-17(27-3)12-10-15/h5-12H,4H2,1-3H3,(H,25,26). The van der Waals surface area contributed by atoms with Crippen LogP contribution in [0.2, 0.25) is 0 Å². The average Bonchev–Trinajstić information content (AvgIpc) is 2.99. The van der Waals surface area contributed by atoms with Gasteiger partial charge in [0.05, 0.1) is 12.7 Å². The summed E-state index contributed by atoms with van der Waals surface area (Å²) in [5.41, 5.74) is 4.52. The van der Waals surface area contributed by atoms with Crippen LogP contribution in [0.1, 0.15) is 28.7 Å². The Hall–Kier alpha value is -3.52. The van der Waals surface area contributed by atoms with Crippen molar-refractivity contribution < 1.29 is 14.6 Å². The Kier molecular flexibility index (Phi) is 5.00. The molecule has 1 aromatic heterocycles. The monoisotopic (exact) mass is 360 g/mol. The lowest BCUT2D eigenvalue weighted by Gasteiger charge is -2.07. The minimum atomic E-state index is -1.04. The Morgan fingerprint density at radius 1 is 1.07 bits per heavy atom. The fourth-order valence-corrected chi connectivity index (χ4v) is 3.41. The second-order valence-electron chi connectivity index (χ2n) is 6.18. The molecule has 1 heterocycles. The molecule has 1 N–H and O–H groups in total. The molecule has 0 aliphatic carbocycles. The third kappa shape index (κ3) is 3.18. The molecule has 0 aliphatic heterocycles. The van der Waals surface area contributed by atoms with Gasteiger partial charge >= 0.3 is 5.97 Å². The number of aromatic carboxylic acids is 1. The van der Waals surface area contributed by atoms with Crippen LogP contribution in [0.3, 0.4) is 0 Å². The second kappa shape index (κ2) is 7.38. The van der Waals surface area contributed by atoms with Crippen molar-refractivity contribution in [3.8, 4) is 34.1 Å². The van der Waals surface area contributed by atoms with Gasteiger partial charge in [0.1, 0.15) is 17.5 Å². The van der Waals surface area contributed by atoms with Gasteiger partial charge in [0.2, 0.25) is 0 Å². The van der Waals surface area contributed by atoms with Crippen LogP contribution in [-0.2, 0) is 13.5 Å². The van der Waals surface area contributed by atoms with Crippen LogP contribution >= 0.6 is 0 Å². The number of carbonyl (C=O) groups is 1. The lowest BCUT2D eigenvalue weighted by molar-refractivity contribution is 0.0687. The van der Waals surface area contributed by atoms with Gasteiger partial charge in [-0.15, -0.1) is 0 Å². The molecule has 136 valence electrons. The van der Waals surface area contributed by atoms with Crippen molar-refractivity contribution in [1.29, 1.82) is 5.26 Å². The molecule has 0 aliphatic rings. The molecule has 2 aromatic carbocycles. The van der Waals surface area contributed by atoms with Crippen molar-refractivity contribution in [1.82, 2.24) is 4.57 Å². The largest absolute Gasteiger partial charge is 0.497 e. The molecule has 5 heteroatoms. The van der Waals surface area contributed by atoms with Gasteiger partial charge in [-0.3, -0.25) is 0 Å². The Morgan fingerprint density at radius 2 is 1.59 bits per heavy atom. The Morgan fingerprint density at radius 3 is 2.04 bits per heavy atom. The maximum Gasteiger partial charge on any atom is 0.353 e. The van der Waals surface area contributed by atoms with E-state index in [4.69, 9.17) is 4.74 Å². The number of carboxylic acid groups (broad SMARTS) is 1. The lowest BCUT2D eigenvalue weighted by atomic mass is 9.97. The van der Waals surface area contributed by atoms with E-state index in [-0.39, 0.29) is 5.69 Å². The number of nitriles is 1. The van der Waals surface area contributed by atoms with Crippen LogP contribution in [0.15, 0.2) is 48.5 Å². The van der Waals surface area contributed by atoms with Crippen LogP contribution in [0.4, 0.5) is 0 Å². The Bertz CT molecular complexity index is 1020. The third-order valence-corrected chi connectivity index (χ3v) is 4.76. The highest BCUT2D eigenvalue weighted by atomic mass is 16.5. The van der Waals surface area contributed by atoms with E-state index in [1.165, 1.54) is 0 Å². The maximum atomic E-state index is 11.8. The summed E-state index contributed by atoms with van der Waals surface area (Å²) in [6, 6.07) is 17.5. The summed E-state index contributed by atoms with van der Waals surface area (Å²) in [6.45, 7) is 1.92. The minimum absolute atomic E-state index is 0.139. The molecule has 0 saturated heterocycles. The normalized spacial score (nSPS) is 10.4. The average molecular weight is 360 g/mol. The number of carboxylic acids is 1. The first kappa shape index (κ1) is 18.3. The van der Waals surface area contributed by atoms with Crippen molar-refractivity contribution in [3.05, 3.63) is 65.5 Å². The van der Waals surface area contributed by atoms with Gasteiger partial charge in [-0.05, 0) is 35.2 Å². The van der Waals surface area contributed by atoms with Gasteiger partial charge in [0.15, 0.2) is 0 Å². The molecular weight excluding hydrogens is 340 g/mol. The van der Waals surface area contributed by atoms with E-state index in [2.05, 4.69) is 6.07 Å². The zero-order chi connectivity index (χ0) is 19.6. The van der Waals surface area contributed by atoms with Crippen LogP contribution in [0.25, 0.3) is 22.3 Å². The second-order valence-corrected chi connectivity index (χ2v) is 6.18. The first-order chi connectivity index (χ1) is 13.0. The van der Waals surface area contributed by atoms with Crippen LogP contribution in [0.5, 0.6) is 5.75 Å². The summed E-state index contributed by atoms with van der Waals surface area (Å²) in [5, 5.41) is 19.3. The maximum absolute atomic E-state index is 11.8.